The van der Waals surface area contributed by atoms with Crippen molar-refractivity contribution in [2.45, 2.75) is 64.7 Å². The molecule has 0 radical (unpaired) electrons. The molecule has 22 heavy (non-hydrogen) atoms. The molecule has 1 fully saturated rings. The summed E-state index contributed by atoms with van der Waals surface area (Å²) in [4.78, 5) is 36.8. The van der Waals surface area contributed by atoms with Gasteiger partial charge in [0.05, 0.1) is 12.0 Å². The topological polar surface area (TPSA) is 69.7 Å². The molecule has 0 spiro atoms. The highest BCUT2D eigenvalue weighted by Crippen LogP contribution is 2.43. The summed E-state index contributed by atoms with van der Waals surface area (Å²) in [5.41, 5.74) is -1.66. The van der Waals surface area contributed by atoms with Crippen molar-refractivity contribution in [1.82, 2.24) is 0 Å². The second-order valence-electron chi connectivity index (χ2n) is 6.98. The number of carbonyl (C=O) groups is 3. The molecule has 3 atom stereocenters. The maximum atomic E-state index is 12.3. The molecule has 6 heteroatoms. The van der Waals surface area contributed by atoms with Gasteiger partial charge in [-0.05, 0) is 40.5 Å². The molecule has 0 bridgehead atoms. The zero-order chi connectivity index (χ0) is 17.1. The Morgan fingerprint density at radius 2 is 1.95 bits per heavy atom. The van der Waals surface area contributed by atoms with Crippen LogP contribution in [0.15, 0.2) is 0 Å². The Balaban J connectivity index is 2.96. The van der Waals surface area contributed by atoms with Gasteiger partial charge >= 0.3 is 11.9 Å². The molecule has 1 saturated carbocycles. The molecule has 0 aliphatic heterocycles. The van der Waals surface area contributed by atoms with Crippen molar-refractivity contribution in [3.05, 3.63) is 0 Å². The molecule has 0 saturated heterocycles. The van der Waals surface area contributed by atoms with Crippen molar-refractivity contribution in [2.24, 2.45) is 11.3 Å². The van der Waals surface area contributed by atoms with Gasteiger partial charge in [0.1, 0.15) is 17.3 Å². The van der Waals surface area contributed by atoms with Crippen molar-refractivity contribution < 1.29 is 23.9 Å². The van der Waals surface area contributed by atoms with E-state index in [0.717, 1.165) is 0 Å². The van der Waals surface area contributed by atoms with E-state index in [9.17, 15) is 14.4 Å². The molecule has 0 amide bonds. The Labute approximate surface area is 137 Å². The van der Waals surface area contributed by atoms with Crippen LogP contribution in [0.2, 0.25) is 0 Å². The van der Waals surface area contributed by atoms with E-state index in [1.807, 2.05) is 6.92 Å². The number of hydrogen-bond donors (Lipinski definition) is 1. The van der Waals surface area contributed by atoms with Crippen molar-refractivity contribution in [2.75, 3.05) is 6.61 Å². The first kappa shape index (κ1) is 19.0. The summed E-state index contributed by atoms with van der Waals surface area (Å²) in [6.07, 6.45) is 1.20. The van der Waals surface area contributed by atoms with Gasteiger partial charge in [-0.15, -0.1) is 0 Å². The molecule has 126 valence electrons. The summed E-state index contributed by atoms with van der Waals surface area (Å²) in [6.45, 7) is 9.13. The average molecular weight is 330 g/mol. The lowest BCUT2D eigenvalue weighted by Gasteiger charge is -2.40. The van der Waals surface area contributed by atoms with E-state index in [1.54, 1.807) is 27.7 Å². The minimum absolute atomic E-state index is 0.151. The van der Waals surface area contributed by atoms with Crippen molar-refractivity contribution in [3.63, 3.8) is 0 Å². The lowest BCUT2D eigenvalue weighted by Crippen LogP contribution is -2.52. The lowest BCUT2D eigenvalue weighted by atomic mass is 9.69. The number of esters is 2. The zero-order valence-electron chi connectivity index (χ0n) is 14.0. The number of thiol groups is 1. The highest BCUT2D eigenvalue weighted by molar-refractivity contribution is 7.81. The van der Waals surface area contributed by atoms with Crippen molar-refractivity contribution in [1.29, 1.82) is 0 Å². The summed E-state index contributed by atoms with van der Waals surface area (Å²) in [5.74, 6) is -2.28. The molecule has 0 aromatic carbocycles. The van der Waals surface area contributed by atoms with Crippen LogP contribution in [0.3, 0.4) is 0 Å². The van der Waals surface area contributed by atoms with E-state index in [1.165, 1.54) is 0 Å². The molecule has 5 nitrogen and oxygen atoms in total. The van der Waals surface area contributed by atoms with Gasteiger partial charge in [-0.25, -0.2) is 0 Å². The third kappa shape index (κ3) is 4.24. The van der Waals surface area contributed by atoms with Crippen LogP contribution in [0.5, 0.6) is 0 Å². The van der Waals surface area contributed by atoms with Crippen molar-refractivity contribution in [3.8, 4) is 0 Å². The molecule has 1 aliphatic carbocycles. The molecule has 0 aromatic heterocycles. The molecule has 1 aliphatic rings. The first-order valence-corrected chi connectivity index (χ1v) is 8.15. The number of carbonyl (C=O) groups excluding carboxylic acids is 3. The van der Waals surface area contributed by atoms with Crippen LogP contribution >= 0.6 is 12.6 Å². The maximum absolute atomic E-state index is 12.3. The van der Waals surface area contributed by atoms with Gasteiger partial charge in [0.2, 0.25) is 0 Å². The Bertz CT molecular complexity index is 454. The zero-order valence-corrected chi connectivity index (χ0v) is 14.9. The molecule has 1 rings (SSSR count). The lowest BCUT2D eigenvalue weighted by molar-refractivity contribution is -0.168. The van der Waals surface area contributed by atoms with E-state index in [2.05, 4.69) is 12.6 Å². The number of ketones is 1. The van der Waals surface area contributed by atoms with Gasteiger partial charge < -0.3 is 9.47 Å². The monoisotopic (exact) mass is 330 g/mol. The largest absolute Gasteiger partial charge is 0.465 e. The minimum atomic E-state index is -1.03. The molecule has 0 heterocycles. The Morgan fingerprint density at radius 3 is 2.45 bits per heavy atom. The molecule has 0 N–H and O–H groups in total. The number of hydrogen-bond acceptors (Lipinski definition) is 6. The summed E-state index contributed by atoms with van der Waals surface area (Å²) >= 11 is 4.42. The second-order valence-corrected chi connectivity index (χ2v) is 7.53. The van der Waals surface area contributed by atoms with Crippen LogP contribution < -0.4 is 0 Å². The minimum Gasteiger partial charge on any atom is -0.465 e. The summed E-state index contributed by atoms with van der Waals surface area (Å²) < 4.78 is 10.5. The predicted molar refractivity (Wildman–Crippen MR) is 85.7 cm³/mol. The summed E-state index contributed by atoms with van der Waals surface area (Å²) in [6, 6.07) is 0. The van der Waals surface area contributed by atoms with Gasteiger partial charge in [-0.1, -0.05) is 6.92 Å². The van der Waals surface area contributed by atoms with E-state index in [4.69, 9.17) is 9.47 Å². The van der Waals surface area contributed by atoms with Gasteiger partial charge in [0.15, 0.2) is 0 Å². The van der Waals surface area contributed by atoms with Gasteiger partial charge in [-0.2, -0.15) is 12.6 Å². The normalized spacial score (nSPS) is 29.1. The fraction of sp³-hybridized carbons (Fsp3) is 0.812. The van der Waals surface area contributed by atoms with Gasteiger partial charge in [0, 0.05) is 11.7 Å². The van der Waals surface area contributed by atoms with Gasteiger partial charge in [0.25, 0.3) is 0 Å². The quantitative estimate of drug-likeness (QED) is 0.487. The highest BCUT2D eigenvalue weighted by atomic mass is 32.1. The fourth-order valence-corrected chi connectivity index (χ4v) is 2.96. The smallest absolute Gasteiger partial charge is 0.318 e. The predicted octanol–water partition coefficient (Wildman–Crippen LogP) is 2.57. The van der Waals surface area contributed by atoms with E-state index in [0.29, 0.717) is 19.4 Å². The molecular formula is C16H26O5S. The first-order chi connectivity index (χ1) is 10.0. The van der Waals surface area contributed by atoms with Crippen LogP contribution in [0.25, 0.3) is 0 Å². The van der Waals surface area contributed by atoms with Crippen LogP contribution in [-0.2, 0) is 23.9 Å². The second kappa shape index (κ2) is 7.02. The molecular weight excluding hydrogens is 304 g/mol. The van der Waals surface area contributed by atoms with E-state index >= 15 is 0 Å². The standard InChI is InChI=1S/C16H26O5S/c1-6-9-20-14(19)16(5)8-7-10(17)11(12(16)22)13(18)21-15(2,3)4/h11-12,22H,6-9H2,1-5H3/t11-,12-,16+/m1/s1. The number of ether oxygens (including phenoxy) is 2. The van der Waals surface area contributed by atoms with Crippen LogP contribution in [-0.4, -0.2) is 35.2 Å². The third-order valence-electron chi connectivity index (χ3n) is 3.77. The summed E-state index contributed by atoms with van der Waals surface area (Å²) in [5, 5.41) is -0.743. The average Bonchev–Trinajstić information content (AvgIpc) is 2.38. The summed E-state index contributed by atoms with van der Waals surface area (Å²) in [7, 11) is 0. The fourth-order valence-electron chi connectivity index (χ4n) is 2.44. The number of Topliss-reactive ketones (excluding diaryl/α,β-unsaturated/α-hetero) is 1. The van der Waals surface area contributed by atoms with E-state index in [-0.39, 0.29) is 12.2 Å². The Kier molecular flexibility index (Phi) is 6.07. The Hall–Kier alpha value is -1.04. The third-order valence-corrected chi connectivity index (χ3v) is 4.64. The van der Waals surface area contributed by atoms with E-state index < -0.39 is 34.1 Å². The molecule has 0 aromatic rings. The first-order valence-electron chi connectivity index (χ1n) is 7.64. The number of rotatable bonds is 4. The van der Waals surface area contributed by atoms with Crippen LogP contribution in [0.4, 0.5) is 0 Å². The molecule has 0 unspecified atom stereocenters. The van der Waals surface area contributed by atoms with Crippen LogP contribution in [0, 0.1) is 11.3 Å². The van der Waals surface area contributed by atoms with Crippen LogP contribution in [0.1, 0.15) is 53.9 Å². The highest BCUT2D eigenvalue weighted by Gasteiger charge is 2.53. The Morgan fingerprint density at radius 1 is 1.36 bits per heavy atom. The maximum Gasteiger partial charge on any atom is 0.318 e. The van der Waals surface area contributed by atoms with Crippen molar-refractivity contribution >= 4 is 30.4 Å². The van der Waals surface area contributed by atoms with Gasteiger partial charge in [-0.3, -0.25) is 14.4 Å². The SMILES string of the molecule is CCCOC(=O)[C@@]1(C)CCC(=O)[C@@H](C(=O)OC(C)(C)C)[C@H]1S.